The first-order valence-corrected chi connectivity index (χ1v) is 8.41. The fraction of sp³-hybridized carbons (Fsp3) is 0.625. The monoisotopic (exact) mass is 263 g/mol. The number of hydrogen-bond acceptors (Lipinski definition) is 2. The van der Waals surface area contributed by atoms with Gasteiger partial charge in [-0.25, -0.2) is 0 Å². The summed E-state index contributed by atoms with van der Waals surface area (Å²) in [6.45, 7) is 3.48. The van der Waals surface area contributed by atoms with E-state index in [-0.39, 0.29) is 0 Å². The first kappa shape index (κ1) is 14.0. The minimum absolute atomic E-state index is 0.660. The lowest BCUT2D eigenvalue weighted by Crippen LogP contribution is -2.35. The Labute approximate surface area is 116 Å². The third-order valence-corrected chi connectivity index (χ3v) is 5.28. The Balaban J connectivity index is 1.72. The van der Waals surface area contributed by atoms with Crippen molar-refractivity contribution in [1.29, 1.82) is 0 Å². The smallest absolute Gasteiger partial charge is 0.0198 e. The van der Waals surface area contributed by atoms with Crippen molar-refractivity contribution in [3.63, 3.8) is 0 Å². The lowest BCUT2D eigenvalue weighted by atomic mass is 9.98. The van der Waals surface area contributed by atoms with Crippen molar-refractivity contribution in [1.82, 2.24) is 5.32 Å². The summed E-state index contributed by atoms with van der Waals surface area (Å²) in [5, 5.41) is 4.61. The second-order valence-electron chi connectivity index (χ2n) is 5.37. The van der Waals surface area contributed by atoms with Crippen LogP contribution in [0.3, 0.4) is 0 Å². The predicted octanol–water partition coefficient (Wildman–Crippen LogP) is 4.05. The van der Waals surface area contributed by atoms with Crippen molar-refractivity contribution < 1.29 is 0 Å². The average molecular weight is 263 g/mol. The highest BCUT2D eigenvalue weighted by Crippen LogP contribution is 2.28. The summed E-state index contributed by atoms with van der Waals surface area (Å²) in [5.41, 5.74) is 1.46. The maximum atomic E-state index is 3.76. The van der Waals surface area contributed by atoms with E-state index in [4.69, 9.17) is 0 Å². The number of hydrogen-bond donors (Lipinski definition) is 1. The second kappa shape index (κ2) is 7.20. The summed E-state index contributed by atoms with van der Waals surface area (Å²) in [4.78, 5) is 0. The van der Waals surface area contributed by atoms with E-state index in [0.29, 0.717) is 5.92 Å². The van der Waals surface area contributed by atoms with Crippen molar-refractivity contribution in [3.8, 4) is 0 Å². The van der Waals surface area contributed by atoms with E-state index in [1.807, 2.05) is 11.8 Å². The van der Waals surface area contributed by atoms with Crippen LogP contribution < -0.4 is 5.32 Å². The Morgan fingerprint density at radius 2 is 2.06 bits per heavy atom. The molecule has 2 rings (SSSR count). The molecule has 0 bridgehead atoms. The van der Waals surface area contributed by atoms with Gasteiger partial charge in [0.1, 0.15) is 0 Å². The summed E-state index contributed by atoms with van der Waals surface area (Å²) < 4.78 is 0. The molecule has 1 aliphatic carbocycles. The molecule has 2 heteroatoms. The third kappa shape index (κ3) is 3.76. The molecule has 3 atom stereocenters. The van der Waals surface area contributed by atoms with Gasteiger partial charge >= 0.3 is 0 Å². The van der Waals surface area contributed by atoms with Crippen LogP contribution in [0.5, 0.6) is 0 Å². The fourth-order valence-electron chi connectivity index (χ4n) is 2.88. The van der Waals surface area contributed by atoms with E-state index in [0.717, 1.165) is 17.8 Å². The SMILES string of the molecule is CSC1CCCC1NCCC(C)c1ccccc1. The van der Waals surface area contributed by atoms with Gasteiger partial charge in [-0.05, 0) is 43.5 Å². The summed E-state index contributed by atoms with van der Waals surface area (Å²) in [5.74, 6) is 0.660. The molecular weight excluding hydrogens is 238 g/mol. The van der Waals surface area contributed by atoms with E-state index in [1.54, 1.807) is 0 Å². The van der Waals surface area contributed by atoms with Crippen molar-refractivity contribution in [2.24, 2.45) is 0 Å². The van der Waals surface area contributed by atoms with Crippen LogP contribution in [-0.4, -0.2) is 24.1 Å². The molecule has 1 nitrogen and oxygen atoms in total. The molecule has 0 amide bonds. The molecule has 0 spiro atoms. The third-order valence-electron chi connectivity index (χ3n) is 4.11. The van der Waals surface area contributed by atoms with Gasteiger partial charge in [-0.3, -0.25) is 0 Å². The number of benzene rings is 1. The Morgan fingerprint density at radius 1 is 1.28 bits per heavy atom. The van der Waals surface area contributed by atoms with Crippen LogP contribution in [0, 0.1) is 0 Å². The van der Waals surface area contributed by atoms with E-state index in [1.165, 1.54) is 31.2 Å². The zero-order valence-corrected chi connectivity index (χ0v) is 12.4. The van der Waals surface area contributed by atoms with Crippen LogP contribution in [-0.2, 0) is 0 Å². The topological polar surface area (TPSA) is 12.0 Å². The van der Waals surface area contributed by atoms with Gasteiger partial charge in [0.25, 0.3) is 0 Å². The van der Waals surface area contributed by atoms with E-state index in [2.05, 4.69) is 48.8 Å². The summed E-state index contributed by atoms with van der Waals surface area (Å²) in [6.07, 6.45) is 7.65. The van der Waals surface area contributed by atoms with Crippen molar-refractivity contribution >= 4 is 11.8 Å². The Kier molecular flexibility index (Phi) is 5.58. The minimum atomic E-state index is 0.660. The summed E-state index contributed by atoms with van der Waals surface area (Å²) in [7, 11) is 0. The molecule has 0 radical (unpaired) electrons. The first-order valence-electron chi connectivity index (χ1n) is 7.12. The van der Waals surface area contributed by atoms with Gasteiger partial charge < -0.3 is 5.32 Å². The molecule has 0 saturated heterocycles. The highest BCUT2D eigenvalue weighted by atomic mass is 32.2. The fourth-order valence-corrected chi connectivity index (χ4v) is 3.84. The van der Waals surface area contributed by atoms with Gasteiger partial charge in [0.2, 0.25) is 0 Å². The highest BCUT2D eigenvalue weighted by molar-refractivity contribution is 7.99. The molecule has 1 aromatic carbocycles. The number of rotatable bonds is 6. The van der Waals surface area contributed by atoms with Crippen LogP contribution in [0.4, 0.5) is 0 Å². The summed E-state index contributed by atoms with van der Waals surface area (Å²) >= 11 is 2.03. The second-order valence-corrected chi connectivity index (χ2v) is 6.44. The van der Waals surface area contributed by atoms with Gasteiger partial charge in [0.05, 0.1) is 0 Å². The molecule has 1 aromatic rings. The maximum Gasteiger partial charge on any atom is 0.0198 e. The maximum absolute atomic E-state index is 3.76. The number of thioether (sulfide) groups is 1. The predicted molar refractivity (Wildman–Crippen MR) is 82.4 cm³/mol. The van der Waals surface area contributed by atoms with Gasteiger partial charge in [-0.1, -0.05) is 43.7 Å². The van der Waals surface area contributed by atoms with Gasteiger partial charge in [-0.15, -0.1) is 0 Å². The van der Waals surface area contributed by atoms with E-state index < -0.39 is 0 Å². The average Bonchev–Trinajstić information content (AvgIpc) is 2.87. The van der Waals surface area contributed by atoms with Crippen LogP contribution >= 0.6 is 11.8 Å². The molecule has 0 aliphatic heterocycles. The van der Waals surface area contributed by atoms with Gasteiger partial charge in [-0.2, -0.15) is 11.8 Å². The number of nitrogens with one attached hydrogen (secondary N) is 1. The molecule has 1 aliphatic rings. The minimum Gasteiger partial charge on any atom is -0.313 e. The van der Waals surface area contributed by atoms with Crippen molar-refractivity contribution in [2.45, 2.75) is 49.8 Å². The highest BCUT2D eigenvalue weighted by Gasteiger charge is 2.25. The van der Waals surface area contributed by atoms with Crippen LogP contribution in [0.2, 0.25) is 0 Å². The first-order chi connectivity index (χ1) is 8.81. The Hall–Kier alpha value is -0.470. The molecule has 18 heavy (non-hydrogen) atoms. The molecule has 1 N–H and O–H groups in total. The Morgan fingerprint density at radius 3 is 2.78 bits per heavy atom. The van der Waals surface area contributed by atoms with Crippen molar-refractivity contribution in [2.75, 3.05) is 12.8 Å². The van der Waals surface area contributed by atoms with Gasteiger partial charge in [0, 0.05) is 11.3 Å². The normalized spacial score (nSPS) is 25.2. The lowest BCUT2D eigenvalue weighted by Gasteiger charge is -2.20. The van der Waals surface area contributed by atoms with E-state index >= 15 is 0 Å². The van der Waals surface area contributed by atoms with Crippen LogP contribution in [0.1, 0.15) is 44.1 Å². The van der Waals surface area contributed by atoms with E-state index in [9.17, 15) is 0 Å². The molecule has 1 fully saturated rings. The molecular formula is C16H25NS. The molecule has 100 valence electrons. The molecule has 1 saturated carbocycles. The van der Waals surface area contributed by atoms with Crippen LogP contribution in [0.15, 0.2) is 30.3 Å². The largest absolute Gasteiger partial charge is 0.313 e. The van der Waals surface area contributed by atoms with Crippen molar-refractivity contribution in [3.05, 3.63) is 35.9 Å². The molecule has 0 aromatic heterocycles. The zero-order valence-electron chi connectivity index (χ0n) is 11.6. The lowest BCUT2D eigenvalue weighted by molar-refractivity contribution is 0.503. The standard InChI is InChI=1S/C16H25NS/c1-13(14-7-4-3-5-8-14)11-12-17-15-9-6-10-16(15)18-2/h3-5,7-8,13,15-17H,6,9-12H2,1-2H3. The van der Waals surface area contributed by atoms with Gasteiger partial charge in [0.15, 0.2) is 0 Å². The Bertz CT molecular complexity index is 338. The molecule has 0 heterocycles. The quantitative estimate of drug-likeness (QED) is 0.831. The zero-order chi connectivity index (χ0) is 12.8. The van der Waals surface area contributed by atoms with Crippen LogP contribution in [0.25, 0.3) is 0 Å². The molecule has 3 unspecified atom stereocenters. The summed E-state index contributed by atoms with van der Waals surface area (Å²) in [6, 6.07) is 11.6.